The van der Waals surface area contributed by atoms with Gasteiger partial charge in [0.25, 0.3) is 0 Å². The molecule has 3 heteroatoms. The second kappa shape index (κ2) is 4.90. The zero-order valence-corrected chi connectivity index (χ0v) is 10.2. The molecule has 0 aliphatic carbocycles. The molecular weight excluding hydrogens is 236 g/mol. The average Bonchev–Trinajstić information content (AvgIpc) is 2.93. The van der Waals surface area contributed by atoms with Crippen LogP contribution in [0, 0.1) is 0 Å². The van der Waals surface area contributed by atoms with E-state index in [9.17, 15) is 4.79 Å². The molecule has 0 amide bonds. The Bertz CT molecular complexity index is 742. The fourth-order valence-electron chi connectivity index (χ4n) is 2.16. The highest BCUT2D eigenvalue weighted by Crippen LogP contribution is 2.25. The van der Waals surface area contributed by atoms with Crippen molar-refractivity contribution in [1.82, 2.24) is 9.97 Å². The Morgan fingerprint density at radius 3 is 2.89 bits per heavy atom. The number of aldehydes is 1. The highest BCUT2D eigenvalue weighted by Gasteiger charge is 2.06. The van der Waals surface area contributed by atoms with Crippen molar-refractivity contribution >= 4 is 22.8 Å². The minimum Gasteiger partial charge on any atom is -0.361 e. The summed E-state index contributed by atoms with van der Waals surface area (Å²) < 4.78 is 0. The summed E-state index contributed by atoms with van der Waals surface area (Å²) >= 11 is 0. The summed E-state index contributed by atoms with van der Waals surface area (Å²) in [6.07, 6.45) is 7.76. The average molecular weight is 248 g/mol. The maximum absolute atomic E-state index is 10.9. The molecule has 0 saturated carbocycles. The molecular formula is C16H12N2O. The minimum absolute atomic E-state index is 0.807. The molecule has 0 aliphatic heterocycles. The smallest absolute Gasteiger partial charge is 0.143 e. The third-order valence-electron chi connectivity index (χ3n) is 3.07. The van der Waals surface area contributed by atoms with Crippen LogP contribution in [-0.4, -0.2) is 16.3 Å². The van der Waals surface area contributed by atoms with E-state index in [4.69, 9.17) is 0 Å². The standard InChI is InChI=1S/C16H12N2O/c19-9-6-15(14-2-1-7-17-11-14)13-4-3-12-5-8-18-16(12)10-13/h1-11,18H/b15-6-. The Balaban J connectivity index is 2.14. The van der Waals surface area contributed by atoms with E-state index in [1.807, 2.05) is 42.6 Å². The van der Waals surface area contributed by atoms with Crippen LogP contribution < -0.4 is 0 Å². The molecule has 1 N–H and O–H groups in total. The van der Waals surface area contributed by atoms with Crippen LogP contribution >= 0.6 is 0 Å². The zero-order valence-electron chi connectivity index (χ0n) is 10.2. The fourth-order valence-corrected chi connectivity index (χ4v) is 2.16. The maximum atomic E-state index is 10.9. The molecule has 2 aromatic heterocycles. The first-order valence-electron chi connectivity index (χ1n) is 6.02. The van der Waals surface area contributed by atoms with Crippen LogP contribution in [0.15, 0.2) is 61.1 Å². The number of aromatic amines is 1. The van der Waals surface area contributed by atoms with E-state index >= 15 is 0 Å². The molecule has 0 unspecified atom stereocenters. The van der Waals surface area contributed by atoms with Crippen molar-refractivity contribution in [3.63, 3.8) is 0 Å². The van der Waals surface area contributed by atoms with Gasteiger partial charge in [0.05, 0.1) is 0 Å². The van der Waals surface area contributed by atoms with Gasteiger partial charge < -0.3 is 4.98 Å². The van der Waals surface area contributed by atoms with E-state index in [1.54, 1.807) is 18.5 Å². The predicted octanol–water partition coefficient (Wildman–Crippen LogP) is 3.19. The molecule has 2 heterocycles. The van der Waals surface area contributed by atoms with Crippen LogP contribution in [-0.2, 0) is 4.79 Å². The molecule has 0 fully saturated rings. The number of hydrogen-bond acceptors (Lipinski definition) is 2. The van der Waals surface area contributed by atoms with Gasteiger partial charge in [0.2, 0.25) is 0 Å². The summed E-state index contributed by atoms with van der Waals surface area (Å²) in [5, 5.41) is 1.15. The lowest BCUT2D eigenvalue weighted by atomic mass is 9.98. The number of rotatable bonds is 3. The predicted molar refractivity (Wildman–Crippen MR) is 75.7 cm³/mol. The highest BCUT2D eigenvalue weighted by atomic mass is 16.1. The Morgan fingerprint density at radius 1 is 1.16 bits per heavy atom. The number of hydrogen-bond donors (Lipinski definition) is 1. The topological polar surface area (TPSA) is 45.8 Å². The summed E-state index contributed by atoms with van der Waals surface area (Å²) in [5.41, 5.74) is 3.85. The van der Waals surface area contributed by atoms with E-state index < -0.39 is 0 Å². The largest absolute Gasteiger partial charge is 0.361 e. The molecule has 3 nitrogen and oxygen atoms in total. The van der Waals surface area contributed by atoms with Crippen molar-refractivity contribution in [3.05, 3.63) is 72.2 Å². The number of nitrogens with zero attached hydrogens (tertiary/aromatic N) is 1. The Labute approximate surface area is 110 Å². The number of aromatic nitrogens is 2. The summed E-state index contributed by atoms with van der Waals surface area (Å²) in [4.78, 5) is 18.1. The van der Waals surface area contributed by atoms with Crippen molar-refractivity contribution in [2.75, 3.05) is 0 Å². The van der Waals surface area contributed by atoms with Gasteiger partial charge in [-0.05, 0) is 40.8 Å². The third kappa shape index (κ3) is 2.18. The van der Waals surface area contributed by atoms with Crippen LogP contribution in [0.5, 0.6) is 0 Å². The van der Waals surface area contributed by atoms with E-state index in [0.717, 1.165) is 33.9 Å². The molecule has 3 rings (SSSR count). The number of allylic oxidation sites excluding steroid dienone is 1. The van der Waals surface area contributed by atoms with E-state index in [1.165, 1.54) is 0 Å². The lowest BCUT2D eigenvalue weighted by molar-refractivity contribution is -0.104. The number of fused-ring (bicyclic) bond motifs is 1. The SMILES string of the molecule is O=C/C=C(\c1cccnc1)c1ccc2cc[nH]c2c1. The highest BCUT2D eigenvalue weighted by molar-refractivity contribution is 5.92. The van der Waals surface area contributed by atoms with Crippen molar-refractivity contribution < 1.29 is 4.79 Å². The van der Waals surface area contributed by atoms with Gasteiger partial charge in [-0.25, -0.2) is 0 Å². The van der Waals surface area contributed by atoms with Crippen LogP contribution in [0.1, 0.15) is 11.1 Å². The number of benzene rings is 1. The van der Waals surface area contributed by atoms with Gasteiger partial charge in [0.1, 0.15) is 6.29 Å². The minimum atomic E-state index is 0.807. The van der Waals surface area contributed by atoms with Gasteiger partial charge >= 0.3 is 0 Å². The van der Waals surface area contributed by atoms with Gasteiger partial charge in [0.15, 0.2) is 0 Å². The second-order valence-electron chi connectivity index (χ2n) is 4.24. The van der Waals surface area contributed by atoms with Crippen molar-refractivity contribution in [3.8, 4) is 0 Å². The Morgan fingerprint density at radius 2 is 2.11 bits per heavy atom. The summed E-state index contributed by atoms with van der Waals surface area (Å²) in [6, 6.07) is 11.9. The Kier molecular flexibility index (Phi) is 2.94. The van der Waals surface area contributed by atoms with Gasteiger partial charge in [-0.3, -0.25) is 9.78 Å². The molecule has 92 valence electrons. The summed E-state index contributed by atoms with van der Waals surface area (Å²) in [7, 11) is 0. The number of pyridine rings is 1. The third-order valence-corrected chi connectivity index (χ3v) is 3.07. The van der Waals surface area contributed by atoms with Crippen LogP contribution in [0.4, 0.5) is 0 Å². The molecule has 0 bridgehead atoms. The van der Waals surface area contributed by atoms with Crippen molar-refractivity contribution in [1.29, 1.82) is 0 Å². The first-order chi connectivity index (χ1) is 9.38. The van der Waals surface area contributed by atoms with Crippen LogP contribution in [0.2, 0.25) is 0 Å². The quantitative estimate of drug-likeness (QED) is 0.571. The first-order valence-corrected chi connectivity index (χ1v) is 6.02. The van der Waals surface area contributed by atoms with Crippen molar-refractivity contribution in [2.24, 2.45) is 0 Å². The van der Waals surface area contributed by atoms with Crippen LogP contribution in [0.25, 0.3) is 16.5 Å². The normalized spacial score (nSPS) is 11.7. The number of H-pyrrole nitrogens is 1. The maximum Gasteiger partial charge on any atom is 0.143 e. The fraction of sp³-hybridized carbons (Fsp3) is 0. The molecule has 0 aliphatic rings. The van der Waals surface area contributed by atoms with E-state index in [0.29, 0.717) is 0 Å². The Hall–Kier alpha value is -2.68. The number of nitrogens with one attached hydrogen (secondary N) is 1. The van der Waals surface area contributed by atoms with Gasteiger partial charge in [-0.2, -0.15) is 0 Å². The molecule has 0 radical (unpaired) electrons. The first kappa shape index (κ1) is 11.4. The monoisotopic (exact) mass is 248 g/mol. The van der Waals surface area contributed by atoms with Crippen molar-refractivity contribution in [2.45, 2.75) is 0 Å². The van der Waals surface area contributed by atoms with Gasteiger partial charge in [0, 0.05) is 29.7 Å². The zero-order chi connectivity index (χ0) is 13.1. The number of carbonyl (C=O) groups excluding carboxylic acids is 1. The van der Waals surface area contributed by atoms with Crippen LogP contribution in [0.3, 0.4) is 0 Å². The second-order valence-corrected chi connectivity index (χ2v) is 4.24. The lowest BCUT2D eigenvalue weighted by Gasteiger charge is -2.07. The van der Waals surface area contributed by atoms with E-state index in [2.05, 4.69) is 9.97 Å². The molecule has 1 aromatic carbocycles. The molecule has 0 atom stereocenters. The van der Waals surface area contributed by atoms with E-state index in [-0.39, 0.29) is 0 Å². The number of carbonyl (C=O) groups is 1. The molecule has 19 heavy (non-hydrogen) atoms. The van der Waals surface area contributed by atoms with Gasteiger partial charge in [-0.15, -0.1) is 0 Å². The van der Waals surface area contributed by atoms with Gasteiger partial charge in [-0.1, -0.05) is 18.2 Å². The molecule has 0 spiro atoms. The lowest BCUT2D eigenvalue weighted by Crippen LogP contribution is -1.89. The summed E-state index contributed by atoms with van der Waals surface area (Å²) in [6.45, 7) is 0. The summed E-state index contributed by atoms with van der Waals surface area (Å²) in [5.74, 6) is 0. The molecule has 0 saturated heterocycles. The molecule has 3 aromatic rings.